The van der Waals surface area contributed by atoms with Gasteiger partial charge in [0.25, 0.3) is 0 Å². The number of halogens is 1. The molecule has 0 aliphatic rings. The Kier molecular flexibility index (Phi) is 4.62. The van der Waals surface area contributed by atoms with Crippen LogP contribution in [0.15, 0.2) is 17.0 Å². The summed E-state index contributed by atoms with van der Waals surface area (Å²) in [7, 11) is 1.48. The highest BCUT2D eigenvalue weighted by atomic mass is 32.2. The van der Waals surface area contributed by atoms with Crippen LogP contribution < -0.4 is 4.74 Å². The van der Waals surface area contributed by atoms with Crippen molar-refractivity contribution in [2.75, 3.05) is 13.4 Å². The maximum absolute atomic E-state index is 14.4. The highest BCUT2D eigenvalue weighted by Crippen LogP contribution is 2.38. The van der Waals surface area contributed by atoms with E-state index in [9.17, 15) is 9.18 Å². The summed E-state index contributed by atoms with van der Waals surface area (Å²) < 4.78 is 19.5. The number of ether oxygens (including phenoxy) is 1. The van der Waals surface area contributed by atoms with Crippen molar-refractivity contribution >= 4 is 17.7 Å². The summed E-state index contributed by atoms with van der Waals surface area (Å²) in [5.41, 5.74) is -0.359. The number of carboxylic acid groups (broad SMARTS) is 1. The van der Waals surface area contributed by atoms with Crippen molar-refractivity contribution in [1.82, 2.24) is 0 Å². The molecule has 0 amide bonds. The van der Waals surface area contributed by atoms with Crippen molar-refractivity contribution in [2.24, 2.45) is 0 Å². The smallest absolute Gasteiger partial charge is 0.304 e. The van der Waals surface area contributed by atoms with Gasteiger partial charge in [0.1, 0.15) is 11.6 Å². The van der Waals surface area contributed by atoms with E-state index < -0.39 is 17.2 Å². The Morgan fingerprint density at radius 2 is 2.11 bits per heavy atom. The third-order valence-corrected chi connectivity index (χ3v) is 3.60. The Balaban J connectivity index is 3.30. The molecule has 18 heavy (non-hydrogen) atoms. The molecule has 1 aromatic rings. The van der Waals surface area contributed by atoms with E-state index in [1.165, 1.54) is 18.9 Å². The molecule has 0 saturated heterocycles. The topological polar surface area (TPSA) is 46.5 Å². The lowest BCUT2D eigenvalue weighted by Crippen LogP contribution is -2.23. The molecule has 0 saturated carbocycles. The Morgan fingerprint density at radius 1 is 1.50 bits per heavy atom. The maximum atomic E-state index is 14.4. The van der Waals surface area contributed by atoms with Crippen LogP contribution in [0.25, 0.3) is 0 Å². The summed E-state index contributed by atoms with van der Waals surface area (Å²) in [5, 5.41) is 8.88. The van der Waals surface area contributed by atoms with Crippen molar-refractivity contribution in [3.63, 3.8) is 0 Å². The van der Waals surface area contributed by atoms with E-state index in [4.69, 9.17) is 9.84 Å². The number of carboxylic acids is 1. The molecule has 3 nitrogen and oxygen atoms in total. The van der Waals surface area contributed by atoms with E-state index in [1.54, 1.807) is 32.2 Å². The Hall–Kier alpha value is -1.23. The van der Waals surface area contributed by atoms with Gasteiger partial charge in [-0.1, -0.05) is 19.9 Å². The number of methoxy groups -OCH3 is 1. The Labute approximate surface area is 110 Å². The lowest BCUT2D eigenvalue weighted by atomic mass is 9.81. The summed E-state index contributed by atoms with van der Waals surface area (Å²) >= 11 is 1.25. The van der Waals surface area contributed by atoms with Gasteiger partial charge in [0, 0.05) is 5.41 Å². The second-order valence-electron chi connectivity index (χ2n) is 4.62. The van der Waals surface area contributed by atoms with Gasteiger partial charge >= 0.3 is 5.97 Å². The maximum Gasteiger partial charge on any atom is 0.304 e. The third kappa shape index (κ3) is 2.96. The highest BCUT2D eigenvalue weighted by molar-refractivity contribution is 7.98. The number of hydrogen-bond acceptors (Lipinski definition) is 3. The minimum atomic E-state index is -0.944. The van der Waals surface area contributed by atoms with Gasteiger partial charge in [-0.05, 0) is 17.9 Å². The predicted octanol–water partition coefficient (Wildman–Crippen LogP) is 3.31. The monoisotopic (exact) mass is 272 g/mol. The first-order valence-corrected chi connectivity index (χ1v) is 6.68. The van der Waals surface area contributed by atoms with E-state index in [0.717, 1.165) is 0 Å². The molecule has 1 rings (SSSR count). The van der Waals surface area contributed by atoms with Gasteiger partial charge in [-0.2, -0.15) is 0 Å². The van der Waals surface area contributed by atoms with E-state index in [2.05, 4.69) is 0 Å². The standard InChI is InChI=1S/C13H17FO3S/c1-13(2,7-10(15)16)8-5-6-9(17-3)12(18-4)11(8)14/h5-6H,7H2,1-4H3,(H,15,16). The summed E-state index contributed by atoms with van der Waals surface area (Å²) in [5.74, 6) is -0.871. The lowest BCUT2D eigenvalue weighted by Gasteiger charge is -2.25. The van der Waals surface area contributed by atoms with Crippen LogP contribution in [-0.2, 0) is 10.2 Å². The first-order chi connectivity index (χ1) is 8.33. The van der Waals surface area contributed by atoms with Crippen LogP contribution in [0.4, 0.5) is 4.39 Å². The molecule has 0 aliphatic carbocycles. The van der Waals surface area contributed by atoms with Gasteiger partial charge < -0.3 is 9.84 Å². The molecule has 0 atom stereocenters. The first kappa shape index (κ1) is 14.8. The number of rotatable bonds is 5. The van der Waals surface area contributed by atoms with Crippen LogP contribution in [0.1, 0.15) is 25.8 Å². The largest absolute Gasteiger partial charge is 0.495 e. The van der Waals surface area contributed by atoms with Gasteiger partial charge in [0.05, 0.1) is 18.4 Å². The van der Waals surface area contributed by atoms with Gasteiger partial charge in [-0.25, -0.2) is 4.39 Å². The molecule has 5 heteroatoms. The Morgan fingerprint density at radius 3 is 2.56 bits per heavy atom. The molecule has 0 bridgehead atoms. The molecule has 0 aliphatic heterocycles. The fraction of sp³-hybridized carbons (Fsp3) is 0.462. The SMILES string of the molecule is COc1ccc(C(C)(C)CC(=O)O)c(F)c1SC. The lowest BCUT2D eigenvalue weighted by molar-refractivity contribution is -0.138. The highest BCUT2D eigenvalue weighted by Gasteiger charge is 2.29. The van der Waals surface area contributed by atoms with Crippen molar-refractivity contribution in [3.05, 3.63) is 23.5 Å². The van der Waals surface area contributed by atoms with Crippen LogP contribution in [-0.4, -0.2) is 24.4 Å². The molecule has 0 aromatic heterocycles. The second-order valence-corrected chi connectivity index (χ2v) is 5.43. The summed E-state index contributed by atoms with van der Waals surface area (Å²) in [6.45, 7) is 3.44. The number of aliphatic carboxylic acids is 1. The number of hydrogen-bond donors (Lipinski definition) is 1. The number of thioether (sulfide) groups is 1. The van der Waals surface area contributed by atoms with Crippen LogP contribution in [0.2, 0.25) is 0 Å². The molecule has 0 fully saturated rings. The number of benzene rings is 1. The van der Waals surface area contributed by atoms with Gasteiger partial charge in [-0.15, -0.1) is 11.8 Å². The predicted molar refractivity (Wildman–Crippen MR) is 70.0 cm³/mol. The molecular weight excluding hydrogens is 255 g/mol. The van der Waals surface area contributed by atoms with Crippen molar-refractivity contribution in [3.8, 4) is 5.75 Å². The quantitative estimate of drug-likeness (QED) is 0.835. The van der Waals surface area contributed by atoms with Gasteiger partial charge in [0.15, 0.2) is 0 Å². The van der Waals surface area contributed by atoms with Crippen LogP contribution in [0, 0.1) is 5.82 Å². The molecule has 0 spiro atoms. The zero-order chi connectivity index (χ0) is 13.9. The second kappa shape index (κ2) is 5.61. The van der Waals surface area contributed by atoms with Crippen molar-refractivity contribution in [1.29, 1.82) is 0 Å². The van der Waals surface area contributed by atoms with Crippen LogP contribution in [0.5, 0.6) is 5.75 Å². The zero-order valence-electron chi connectivity index (χ0n) is 10.9. The van der Waals surface area contributed by atoms with Crippen molar-refractivity contribution < 1.29 is 19.0 Å². The third-order valence-electron chi connectivity index (χ3n) is 2.81. The van der Waals surface area contributed by atoms with E-state index in [1.807, 2.05) is 0 Å². The molecule has 100 valence electrons. The summed E-state index contributed by atoms with van der Waals surface area (Å²) in [6.07, 6.45) is 1.64. The van der Waals surface area contributed by atoms with Crippen molar-refractivity contribution in [2.45, 2.75) is 30.6 Å². The minimum absolute atomic E-state index is 0.121. The first-order valence-electron chi connectivity index (χ1n) is 5.46. The van der Waals surface area contributed by atoms with Gasteiger partial charge in [-0.3, -0.25) is 4.79 Å². The van der Waals surface area contributed by atoms with E-state index >= 15 is 0 Å². The molecule has 1 N–H and O–H groups in total. The average Bonchev–Trinajstić information content (AvgIpc) is 2.26. The summed E-state index contributed by atoms with van der Waals surface area (Å²) in [4.78, 5) is 11.2. The van der Waals surface area contributed by atoms with E-state index in [0.29, 0.717) is 16.2 Å². The molecule has 0 heterocycles. The fourth-order valence-corrected chi connectivity index (χ4v) is 2.53. The molecule has 1 aromatic carbocycles. The molecule has 0 radical (unpaired) electrons. The van der Waals surface area contributed by atoms with Crippen LogP contribution >= 0.6 is 11.8 Å². The molecular formula is C13H17FO3S. The molecule has 0 unspecified atom stereocenters. The summed E-state index contributed by atoms with van der Waals surface area (Å²) in [6, 6.07) is 3.27. The zero-order valence-corrected chi connectivity index (χ0v) is 11.7. The minimum Gasteiger partial charge on any atom is -0.495 e. The van der Waals surface area contributed by atoms with Gasteiger partial charge in [0.2, 0.25) is 0 Å². The van der Waals surface area contributed by atoms with Crippen LogP contribution in [0.3, 0.4) is 0 Å². The fourth-order valence-electron chi connectivity index (χ4n) is 1.89. The van der Waals surface area contributed by atoms with E-state index in [-0.39, 0.29) is 6.42 Å². The number of carbonyl (C=O) groups is 1. The average molecular weight is 272 g/mol. The Bertz CT molecular complexity index is 458. The normalized spacial score (nSPS) is 11.4.